The number of nitrogens with zero attached hydrogens (tertiary/aromatic N) is 2. The zero-order chi connectivity index (χ0) is 18.5. The fraction of sp³-hybridized carbons (Fsp3) is 0.368. The van der Waals surface area contributed by atoms with Gasteiger partial charge in [0.2, 0.25) is 5.95 Å². The van der Waals surface area contributed by atoms with Gasteiger partial charge in [0.15, 0.2) is 0 Å². The van der Waals surface area contributed by atoms with Crippen molar-refractivity contribution in [1.82, 2.24) is 20.6 Å². The first-order valence-electron chi connectivity index (χ1n) is 8.73. The highest BCUT2D eigenvalue weighted by molar-refractivity contribution is 5.90. The molecule has 3 N–H and O–H groups in total. The van der Waals surface area contributed by atoms with E-state index in [-0.39, 0.29) is 18.0 Å². The molecule has 0 amide bonds. The highest BCUT2D eigenvalue weighted by Gasteiger charge is 2.25. The van der Waals surface area contributed by atoms with Gasteiger partial charge < -0.3 is 20.7 Å². The van der Waals surface area contributed by atoms with Crippen molar-refractivity contribution in [3.63, 3.8) is 0 Å². The largest absolute Gasteiger partial charge is 0.381 e. The topological polar surface area (TPSA) is 71.1 Å². The summed E-state index contributed by atoms with van der Waals surface area (Å²) in [4.78, 5) is 8.93. The number of ether oxygens (including phenoxy) is 1. The number of benzene rings is 1. The Labute approximate surface area is 152 Å². The van der Waals surface area contributed by atoms with Crippen LogP contribution in [0.3, 0.4) is 0 Å². The second-order valence-electron chi connectivity index (χ2n) is 6.27. The number of aromatic nitrogens is 2. The predicted octanol–water partition coefficient (Wildman–Crippen LogP) is 2.82. The molecule has 0 spiro atoms. The van der Waals surface area contributed by atoms with Gasteiger partial charge in [-0.3, -0.25) is 0 Å². The van der Waals surface area contributed by atoms with Crippen LogP contribution in [0.1, 0.15) is 31.5 Å². The first kappa shape index (κ1) is 18.1. The normalized spacial score (nSPS) is 17.6. The summed E-state index contributed by atoms with van der Waals surface area (Å²) in [5, 5.41) is 10.1. The summed E-state index contributed by atoms with van der Waals surface area (Å²) in [6.07, 6.45) is 2.62. The van der Waals surface area contributed by atoms with Crippen molar-refractivity contribution < 1.29 is 9.13 Å². The minimum atomic E-state index is -0.266. The number of nitrogens with one attached hydrogen (secondary N) is 3. The monoisotopic (exact) mass is 357 g/mol. The van der Waals surface area contributed by atoms with Crippen LogP contribution in [0.5, 0.6) is 0 Å². The molecule has 3 rings (SSSR count). The minimum Gasteiger partial charge on any atom is -0.381 e. The van der Waals surface area contributed by atoms with Crippen molar-refractivity contribution >= 4 is 17.3 Å². The Kier molecular flexibility index (Phi) is 5.68. The average Bonchev–Trinajstić information content (AvgIpc) is 3.07. The highest BCUT2D eigenvalue weighted by Crippen LogP contribution is 2.27. The van der Waals surface area contributed by atoms with Crippen LogP contribution in [0.15, 0.2) is 36.5 Å². The van der Waals surface area contributed by atoms with Gasteiger partial charge in [-0.15, -0.1) is 0 Å². The number of hydrogen-bond donors (Lipinski definition) is 3. The standard InChI is InChI=1S/C19H24FN5O/c1-4-12(2)22-19-21-10-9-15(23-19)18-17(24-16(25-18)11-26-3)13-5-7-14(20)8-6-13/h5-10,12,16,24-25H,4,11H2,1-3H3,(H,21,22,23). The first-order chi connectivity index (χ1) is 12.6. The third-order valence-corrected chi connectivity index (χ3v) is 4.25. The van der Waals surface area contributed by atoms with E-state index in [0.29, 0.717) is 12.6 Å². The number of methoxy groups -OCH3 is 1. The van der Waals surface area contributed by atoms with Crippen LogP contribution in [0.2, 0.25) is 0 Å². The van der Waals surface area contributed by atoms with Gasteiger partial charge >= 0.3 is 0 Å². The van der Waals surface area contributed by atoms with E-state index in [0.717, 1.165) is 29.1 Å². The molecule has 1 aliphatic rings. The Morgan fingerprint density at radius 1 is 1.19 bits per heavy atom. The molecule has 2 atom stereocenters. The fourth-order valence-corrected chi connectivity index (χ4v) is 2.72. The molecule has 0 bridgehead atoms. The van der Waals surface area contributed by atoms with Crippen molar-refractivity contribution in [2.75, 3.05) is 19.0 Å². The van der Waals surface area contributed by atoms with Crippen LogP contribution in [0.25, 0.3) is 11.4 Å². The molecule has 138 valence electrons. The molecule has 1 aromatic heterocycles. The highest BCUT2D eigenvalue weighted by atomic mass is 19.1. The van der Waals surface area contributed by atoms with Gasteiger partial charge in [-0.1, -0.05) is 6.92 Å². The quantitative estimate of drug-likeness (QED) is 0.708. The number of anilines is 1. The maximum Gasteiger partial charge on any atom is 0.223 e. The summed E-state index contributed by atoms with van der Waals surface area (Å²) >= 11 is 0. The lowest BCUT2D eigenvalue weighted by atomic mass is 10.1. The van der Waals surface area contributed by atoms with Gasteiger partial charge in [-0.25, -0.2) is 14.4 Å². The summed E-state index contributed by atoms with van der Waals surface area (Å²) in [5.74, 6) is 0.317. The molecular weight excluding hydrogens is 333 g/mol. The molecule has 1 aliphatic heterocycles. The lowest BCUT2D eigenvalue weighted by Crippen LogP contribution is -2.36. The van der Waals surface area contributed by atoms with Crippen molar-refractivity contribution in [2.24, 2.45) is 0 Å². The predicted molar refractivity (Wildman–Crippen MR) is 101 cm³/mol. The van der Waals surface area contributed by atoms with E-state index < -0.39 is 0 Å². The summed E-state index contributed by atoms with van der Waals surface area (Å²) in [7, 11) is 1.65. The van der Waals surface area contributed by atoms with Crippen molar-refractivity contribution in [2.45, 2.75) is 32.5 Å². The van der Waals surface area contributed by atoms with E-state index in [1.54, 1.807) is 25.4 Å². The Hall–Kier alpha value is -2.67. The Balaban J connectivity index is 1.96. The SMILES string of the molecule is CCC(C)Nc1nccc(C2=C(c3ccc(F)cc3)NC(COC)N2)n1. The van der Waals surface area contributed by atoms with E-state index in [1.165, 1.54) is 12.1 Å². The zero-order valence-electron chi connectivity index (χ0n) is 15.2. The maximum absolute atomic E-state index is 13.3. The summed E-state index contributed by atoms with van der Waals surface area (Å²) in [5.41, 5.74) is 3.34. The van der Waals surface area contributed by atoms with Crippen LogP contribution in [-0.4, -0.2) is 35.9 Å². The molecule has 1 aromatic carbocycles. The van der Waals surface area contributed by atoms with Crippen LogP contribution >= 0.6 is 0 Å². The molecule has 0 aliphatic carbocycles. The Morgan fingerprint density at radius 3 is 2.62 bits per heavy atom. The van der Waals surface area contributed by atoms with Crippen LogP contribution in [0.4, 0.5) is 10.3 Å². The van der Waals surface area contributed by atoms with Gasteiger partial charge in [-0.05, 0) is 43.7 Å². The molecule has 26 heavy (non-hydrogen) atoms. The molecule has 0 saturated carbocycles. The lowest BCUT2D eigenvalue weighted by molar-refractivity contribution is 0.169. The molecule has 6 nitrogen and oxygen atoms in total. The molecule has 2 heterocycles. The van der Waals surface area contributed by atoms with Crippen LogP contribution in [-0.2, 0) is 4.74 Å². The lowest BCUT2D eigenvalue weighted by Gasteiger charge is -2.13. The van der Waals surface area contributed by atoms with Gasteiger partial charge in [0, 0.05) is 24.9 Å². The summed E-state index contributed by atoms with van der Waals surface area (Å²) in [6, 6.07) is 8.52. The van der Waals surface area contributed by atoms with Gasteiger partial charge in [0.05, 0.1) is 23.7 Å². The smallest absolute Gasteiger partial charge is 0.223 e. The second kappa shape index (κ2) is 8.14. The molecule has 0 fully saturated rings. The summed E-state index contributed by atoms with van der Waals surface area (Å²) in [6.45, 7) is 4.68. The number of hydrogen-bond acceptors (Lipinski definition) is 6. The molecule has 2 aromatic rings. The number of halogens is 1. The van der Waals surface area contributed by atoms with Crippen molar-refractivity contribution in [3.05, 3.63) is 53.6 Å². The van der Waals surface area contributed by atoms with E-state index >= 15 is 0 Å². The number of rotatable bonds is 7. The molecular formula is C19H24FN5O. The first-order valence-corrected chi connectivity index (χ1v) is 8.73. The minimum absolute atomic E-state index is 0.0870. The molecule has 2 unspecified atom stereocenters. The molecule has 7 heteroatoms. The Morgan fingerprint density at radius 2 is 1.92 bits per heavy atom. The molecule has 0 saturated heterocycles. The van der Waals surface area contributed by atoms with E-state index in [9.17, 15) is 4.39 Å². The fourth-order valence-electron chi connectivity index (χ4n) is 2.72. The Bertz CT molecular complexity index is 778. The third kappa shape index (κ3) is 4.11. The second-order valence-corrected chi connectivity index (χ2v) is 6.27. The maximum atomic E-state index is 13.3. The van der Waals surface area contributed by atoms with E-state index in [2.05, 4.69) is 39.8 Å². The van der Waals surface area contributed by atoms with Gasteiger partial charge in [0.25, 0.3) is 0 Å². The zero-order valence-corrected chi connectivity index (χ0v) is 15.2. The van der Waals surface area contributed by atoms with Crippen molar-refractivity contribution in [1.29, 1.82) is 0 Å². The molecule has 0 radical (unpaired) electrons. The van der Waals surface area contributed by atoms with Crippen molar-refractivity contribution in [3.8, 4) is 0 Å². The van der Waals surface area contributed by atoms with Gasteiger partial charge in [-0.2, -0.15) is 0 Å². The van der Waals surface area contributed by atoms with Crippen LogP contribution in [0, 0.1) is 5.82 Å². The van der Waals surface area contributed by atoms with Gasteiger partial charge in [0.1, 0.15) is 12.0 Å². The average molecular weight is 357 g/mol. The van der Waals surface area contributed by atoms with E-state index in [1.807, 2.05) is 6.07 Å². The van der Waals surface area contributed by atoms with Crippen LogP contribution < -0.4 is 16.0 Å². The third-order valence-electron chi connectivity index (χ3n) is 4.25. The summed E-state index contributed by atoms with van der Waals surface area (Å²) < 4.78 is 18.5. The van der Waals surface area contributed by atoms with E-state index in [4.69, 9.17) is 4.74 Å².